The molecule has 0 radical (unpaired) electrons. The summed E-state index contributed by atoms with van der Waals surface area (Å²) in [5.41, 5.74) is 1.13. The molecule has 8 heteroatoms. The van der Waals surface area contributed by atoms with Gasteiger partial charge in [-0.25, -0.2) is 14.5 Å². The summed E-state index contributed by atoms with van der Waals surface area (Å²) in [7, 11) is 0. The van der Waals surface area contributed by atoms with Crippen molar-refractivity contribution in [2.75, 3.05) is 0 Å². The fraction of sp³-hybridized carbons (Fsp3) is 0. The van der Waals surface area contributed by atoms with Crippen molar-refractivity contribution in [3.8, 4) is 17.0 Å². The van der Waals surface area contributed by atoms with Crippen LogP contribution in [0.15, 0.2) is 41.4 Å². The quantitative estimate of drug-likeness (QED) is 0.795. The second-order valence-electron chi connectivity index (χ2n) is 3.89. The topological polar surface area (TPSA) is 94.0 Å². The number of hydrogen-bond donors (Lipinski definition) is 1. The molecule has 20 heavy (non-hydrogen) atoms. The lowest BCUT2D eigenvalue weighted by Gasteiger charge is -2.04. The van der Waals surface area contributed by atoms with Crippen LogP contribution in [0.4, 0.5) is 0 Å². The van der Waals surface area contributed by atoms with E-state index in [2.05, 4.69) is 15.2 Å². The van der Waals surface area contributed by atoms with Gasteiger partial charge in [0.15, 0.2) is 11.5 Å². The predicted molar refractivity (Wildman–Crippen MR) is 68.8 cm³/mol. The third kappa shape index (κ3) is 2.14. The van der Waals surface area contributed by atoms with Gasteiger partial charge >= 0.3 is 5.97 Å². The van der Waals surface area contributed by atoms with E-state index in [1.807, 2.05) is 0 Å². The van der Waals surface area contributed by atoms with E-state index in [1.165, 1.54) is 23.4 Å². The molecule has 0 amide bonds. The Morgan fingerprint density at radius 1 is 1.35 bits per heavy atom. The average Bonchev–Trinajstić information content (AvgIpc) is 3.10. The summed E-state index contributed by atoms with van der Waals surface area (Å²) in [4.78, 5) is 14.6. The first-order valence-corrected chi connectivity index (χ1v) is 5.88. The Labute approximate surface area is 117 Å². The van der Waals surface area contributed by atoms with Gasteiger partial charge in [0.1, 0.15) is 12.7 Å². The van der Waals surface area contributed by atoms with Gasteiger partial charge in [-0.1, -0.05) is 16.8 Å². The molecule has 1 aromatic carbocycles. The van der Waals surface area contributed by atoms with Crippen molar-refractivity contribution in [1.29, 1.82) is 0 Å². The van der Waals surface area contributed by atoms with E-state index in [1.54, 1.807) is 18.2 Å². The molecule has 3 aromatic rings. The normalized spacial score (nSPS) is 10.7. The lowest BCUT2D eigenvalue weighted by Crippen LogP contribution is -1.95. The number of rotatable bonds is 3. The first kappa shape index (κ1) is 12.4. The summed E-state index contributed by atoms with van der Waals surface area (Å²) in [6, 6.07) is 6.44. The monoisotopic (exact) mass is 290 g/mol. The third-order valence-corrected chi connectivity index (χ3v) is 2.93. The number of hydrogen-bond acceptors (Lipinski definition) is 5. The summed E-state index contributed by atoms with van der Waals surface area (Å²) in [6.07, 6.45) is 2.93. The first-order valence-electron chi connectivity index (χ1n) is 5.50. The summed E-state index contributed by atoms with van der Waals surface area (Å²) >= 11 is 6.17. The molecule has 0 spiro atoms. The van der Waals surface area contributed by atoms with Crippen LogP contribution in [0.3, 0.4) is 0 Å². The van der Waals surface area contributed by atoms with E-state index >= 15 is 0 Å². The van der Waals surface area contributed by atoms with Crippen LogP contribution in [0.1, 0.15) is 10.5 Å². The molecule has 3 rings (SSSR count). The van der Waals surface area contributed by atoms with Crippen LogP contribution >= 0.6 is 11.6 Å². The van der Waals surface area contributed by atoms with Crippen molar-refractivity contribution in [2.24, 2.45) is 0 Å². The van der Waals surface area contributed by atoms with E-state index in [-0.39, 0.29) is 5.69 Å². The highest BCUT2D eigenvalue weighted by Gasteiger charge is 2.13. The van der Waals surface area contributed by atoms with Gasteiger partial charge in [0.05, 0.1) is 10.7 Å². The molecule has 0 aliphatic heterocycles. The van der Waals surface area contributed by atoms with Gasteiger partial charge < -0.3 is 9.63 Å². The third-order valence-electron chi connectivity index (χ3n) is 2.63. The highest BCUT2D eigenvalue weighted by atomic mass is 35.5. The number of benzene rings is 1. The molecule has 0 saturated heterocycles. The molecular formula is C12H7ClN4O3. The standard InChI is InChI=1S/C12H7ClN4O3/c13-8-3-7(11-4-9(12(18)19)16-20-11)1-2-10(8)17-6-14-5-15-17/h1-6H,(H,18,19). The number of carboxylic acids is 1. The number of aromatic nitrogens is 4. The zero-order chi connectivity index (χ0) is 14.1. The van der Waals surface area contributed by atoms with Crippen LogP contribution < -0.4 is 0 Å². The number of halogens is 1. The zero-order valence-electron chi connectivity index (χ0n) is 9.89. The molecule has 7 nitrogen and oxygen atoms in total. The maximum Gasteiger partial charge on any atom is 0.358 e. The number of carbonyl (C=O) groups is 1. The lowest BCUT2D eigenvalue weighted by atomic mass is 10.1. The van der Waals surface area contributed by atoms with Crippen LogP contribution in [0, 0.1) is 0 Å². The second-order valence-corrected chi connectivity index (χ2v) is 4.29. The molecule has 0 bridgehead atoms. The van der Waals surface area contributed by atoms with E-state index in [9.17, 15) is 4.79 Å². The van der Waals surface area contributed by atoms with Gasteiger partial charge in [0.25, 0.3) is 0 Å². The highest BCUT2D eigenvalue weighted by molar-refractivity contribution is 6.32. The van der Waals surface area contributed by atoms with Gasteiger partial charge in [0.2, 0.25) is 0 Å². The molecule has 1 N–H and O–H groups in total. The Hall–Kier alpha value is -2.67. The molecule has 0 atom stereocenters. The van der Waals surface area contributed by atoms with Gasteiger partial charge in [-0.3, -0.25) is 0 Å². The summed E-state index contributed by atoms with van der Waals surface area (Å²) < 4.78 is 6.50. The molecule has 0 aliphatic rings. The predicted octanol–water partition coefficient (Wildman–Crippen LogP) is 2.27. The van der Waals surface area contributed by atoms with Gasteiger partial charge in [-0.15, -0.1) is 0 Å². The van der Waals surface area contributed by atoms with E-state index in [4.69, 9.17) is 21.2 Å². The summed E-state index contributed by atoms with van der Waals surface area (Å²) in [5.74, 6) is -0.820. The molecule has 0 aliphatic carbocycles. The smallest absolute Gasteiger partial charge is 0.358 e. The minimum Gasteiger partial charge on any atom is -0.476 e. The molecule has 0 saturated carbocycles. The van der Waals surface area contributed by atoms with Crippen molar-refractivity contribution in [1.82, 2.24) is 19.9 Å². The van der Waals surface area contributed by atoms with Crippen LogP contribution in [-0.2, 0) is 0 Å². The Kier molecular flexibility index (Phi) is 2.96. The minimum atomic E-state index is -1.15. The molecular weight excluding hydrogens is 284 g/mol. The van der Waals surface area contributed by atoms with Crippen LogP contribution in [-0.4, -0.2) is 31.0 Å². The molecule has 2 aromatic heterocycles. The fourth-order valence-electron chi connectivity index (χ4n) is 1.69. The number of carboxylic acid groups (broad SMARTS) is 1. The average molecular weight is 291 g/mol. The highest BCUT2D eigenvalue weighted by Crippen LogP contribution is 2.27. The van der Waals surface area contributed by atoms with E-state index in [0.29, 0.717) is 22.0 Å². The summed E-state index contributed by atoms with van der Waals surface area (Å²) in [5, 5.41) is 16.7. The largest absolute Gasteiger partial charge is 0.476 e. The van der Waals surface area contributed by atoms with Crippen LogP contribution in [0.25, 0.3) is 17.0 Å². The van der Waals surface area contributed by atoms with E-state index < -0.39 is 5.97 Å². The first-order chi connectivity index (χ1) is 9.65. The summed E-state index contributed by atoms with van der Waals surface area (Å²) in [6.45, 7) is 0. The molecule has 2 heterocycles. The Morgan fingerprint density at radius 2 is 2.20 bits per heavy atom. The fourth-order valence-corrected chi connectivity index (χ4v) is 1.96. The Bertz CT molecular complexity index is 767. The lowest BCUT2D eigenvalue weighted by molar-refractivity contribution is 0.0686. The Balaban J connectivity index is 1.99. The SMILES string of the molecule is O=C(O)c1cc(-c2ccc(-n3cncn3)c(Cl)c2)on1. The molecule has 100 valence electrons. The van der Waals surface area contributed by atoms with Crippen molar-refractivity contribution in [3.63, 3.8) is 0 Å². The second kappa shape index (κ2) is 4.78. The molecule has 0 unspecified atom stereocenters. The molecule has 0 fully saturated rings. The van der Waals surface area contributed by atoms with Gasteiger partial charge in [-0.2, -0.15) is 5.10 Å². The van der Waals surface area contributed by atoms with Gasteiger partial charge in [0, 0.05) is 11.6 Å². The van der Waals surface area contributed by atoms with Crippen molar-refractivity contribution < 1.29 is 14.4 Å². The number of nitrogens with zero attached hydrogens (tertiary/aromatic N) is 4. The maximum absolute atomic E-state index is 10.8. The minimum absolute atomic E-state index is 0.156. The van der Waals surface area contributed by atoms with Gasteiger partial charge in [-0.05, 0) is 18.2 Å². The number of aromatic carboxylic acids is 1. The van der Waals surface area contributed by atoms with E-state index in [0.717, 1.165) is 0 Å². The Morgan fingerprint density at radius 3 is 2.80 bits per heavy atom. The van der Waals surface area contributed by atoms with Crippen molar-refractivity contribution in [2.45, 2.75) is 0 Å². The zero-order valence-corrected chi connectivity index (χ0v) is 10.7. The maximum atomic E-state index is 10.8. The van der Waals surface area contributed by atoms with Crippen LogP contribution in [0.2, 0.25) is 5.02 Å². The van der Waals surface area contributed by atoms with Crippen molar-refractivity contribution >= 4 is 17.6 Å². The van der Waals surface area contributed by atoms with Crippen LogP contribution in [0.5, 0.6) is 0 Å². The van der Waals surface area contributed by atoms with Crippen molar-refractivity contribution in [3.05, 3.63) is 47.6 Å².